The number of carbonyl (C=O) groups excluding carboxylic acids is 2. The van der Waals surface area contributed by atoms with E-state index in [-0.39, 0.29) is 28.8 Å². The minimum absolute atomic E-state index is 0. The molecule has 0 saturated heterocycles. The van der Waals surface area contributed by atoms with Gasteiger partial charge in [-0.1, -0.05) is 30.3 Å². The van der Waals surface area contributed by atoms with Gasteiger partial charge in [0.05, 0.1) is 29.6 Å². The van der Waals surface area contributed by atoms with Crippen LogP contribution in [-0.4, -0.2) is 23.9 Å². The number of methoxy groups -OCH3 is 1. The summed E-state index contributed by atoms with van der Waals surface area (Å²) in [5.41, 5.74) is 3.84. The fourth-order valence-corrected chi connectivity index (χ4v) is 4.26. The highest BCUT2D eigenvalue weighted by Crippen LogP contribution is 2.33. The monoisotopic (exact) mass is 507 g/mol. The lowest BCUT2D eigenvalue weighted by Crippen LogP contribution is -2.29. The van der Waals surface area contributed by atoms with Crippen LogP contribution in [-0.2, 0) is 0 Å². The molecule has 0 atom stereocenters. The third-order valence-electron chi connectivity index (χ3n) is 5.02. The van der Waals surface area contributed by atoms with Crippen molar-refractivity contribution in [2.75, 3.05) is 17.3 Å². The molecular weight excluding hydrogens is 490 g/mol. The maximum Gasteiger partial charge on any atom is 0.266 e. The summed E-state index contributed by atoms with van der Waals surface area (Å²) in [7, 11) is 1.63. The first-order chi connectivity index (χ1) is 15.1. The Kier molecular flexibility index (Phi) is 6.07. The molecule has 0 fully saturated rings. The second kappa shape index (κ2) is 8.94. The molecule has 8 heteroatoms. The van der Waals surface area contributed by atoms with Crippen LogP contribution in [0, 0.1) is 0 Å². The average molecular weight is 508 g/mol. The van der Waals surface area contributed by atoms with Crippen molar-refractivity contribution in [2.45, 2.75) is 0 Å². The molecule has 0 spiro atoms. The fourth-order valence-electron chi connectivity index (χ4n) is 3.52. The van der Waals surface area contributed by atoms with Crippen LogP contribution in [0.25, 0.3) is 11.3 Å². The highest BCUT2D eigenvalue weighted by Gasteiger charge is 2.36. The lowest BCUT2D eigenvalue weighted by Gasteiger charge is -2.14. The summed E-state index contributed by atoms with van der Waals surface area (Å²) >= 11 is 1.47. The first-order valence-corrected chi connectivity index (χ1v) is 10.5. The third-order valence-corrected chi connectivity index (χ3v) is 5.78. The Labute approximate surface area is 199 Å². The summed E-state index contributed by atoms with van der Waals surface area (Å²) in [5, 5.41) is 5.94. The van der Waals surface area contributed by atoms with Crippen LogP contribution in [0.3, 0.4) is 0 Å². The molecule has 0 aliphatic carbocycles. The van der Waals surface area contributed by atoms with Gasteiger partial charge in [0.1, 0.15) is 5.75 Å². The number of carbonyl (C=O) groups is 2. The van der Waals surface area contributed by atoms with Crippen LogP contribution in [0.2, 0.25) is 0 Å². The molecule has 6 nitrogen and oxygen atoms in total. The Morgan fingerprint density at radius 1 is 0.906 bits per heavy atom. The molecule has 0 unspecified atom stereocenters. The smallest absolute Gasteiger partial charge is 0.266 e. The number of thiazole rings is 1. The highest BCUT2D eigenvalue weighted by molar-refractivity contribution is 8.93. The lowest BCUT2D eigenvalue weighted by atomic mass is 10.1. The van der Waals surface area contributed by atoms with E-state index in [1.165, 1.54) is 16.2 Å². The van der Waals surface area contributed by atoms with E-state index in [4.69, 9.17) is 4.74 Å². The Morgan fingerprint density at radius 3 is 2.34 bits per heavy atom. The summed E-state index contributed by atoms with van der Waals surface area (Å²) in [4.78, 5) is 31.4. The van der Waals surface area contributed by atoms with Crippen molar-refractivity contribution in [3.63, 3.8) is 0 Å². The van der Waals surface area contributed by atoms with E-state index >= 15 is 0 Å². The summed E-state index contributed by atoms with van der Waals surface area (Å²) in [6.07, 6.45) is 0. The minimum atomic E-state index is -0.309. The summed E-state index contributed by atoms with van der Waals surface area (Å²) in [6, 6.07) is 21.8. The number of aromatic nitrogens is 1. The number of nitrogens with zero attached hydrogens (tertiary/aromatic N) is 2. The third kappa shape index (κ3) is 3.90. The fraction of sp³-hybridized carbons (Fsp3) is 0.0417. The minimum Gasteiger partial charge on any atom is -0.497 e. The number of rotatable bonds is 5. The molecule has 2 heterocycles. The topological polar surface area (TPSA) is 71.5 Å². The second-order valence-electron chi connectivity index (χ2n) is 6.94. The molecule has 0 saturated carbocycles. The van der Waals surface area contributed by atoms with Gasteiger partial charge in [0.2, 0.25) is 0 Å². The van der Waals surface area contributed by atoms with Crippen LogP contribution in [0.15, 0.2) is 78.2 Å². The zero-order valence-electron chi connectivity index (χ0n) is 16.9. The van der Waals surface area contributed by atoms with Gasteiger partial charge in [0.25, 0.3) is 11.8 Å². The molecule has 0 radical (unpaired) electrons. The first kappa shape index (κ1) is 21.7. The lowest BCUT2D eigenvalue weighted by molar-refractivity contribution is 0.0926. The van der Waals surface area contributed by atoms with Gasteiger partial charge in [0.15, 0.2) is 5.13 Å². The molecule has 1 N–H and O–H groups in total. The molecule has 1 aromatic heterocycles. The number of benzene rings is 3. The summed E-state index contributed by atoms with van der Waals surface area (Å²) in [6.45, 7) is 0. The molecular formula is C24H18BrN3O3S. The number of fused-ring (bicyclic) bond motifs is 1. The molecule has 1 aliphatic heterocycles. The predicted octanol–water partition coefficient (Wildman–Crippen LogP) is 5.94. The maximum atomic E-state index is 12.8. The van der Waals surface area contributed by atoms with Crippen LogP contribution in [0.4, 0.5) is 16.5 Å². The SMILES string of the molecule is Br.COc1cccc(Nc2nc(-c3cccc(N4C(=O)c5ccccc5C4=O)c3)cs2)c1. The van der Waals surface area contributed by atoms with Gasteiger partial charge in [-0.2, -0.15) is 0 Å². The number of ether oxygens (including phenoxy) is 1. The van der Waals surface area contributed by atoms with Crippen molar-refractivity contribution in [3.05, 3.63) is 89.3 Å². The normalized spacial score (nSPS) is 12.3. The maximum absolute atomic E-state index is 12.8. The van der Waals surface area contributed by atoms with E-state index in [1.54, 1.807) is 37.4 Å². The van der Waals surface area contributed by atoms with Gasteiger partial charge in [-0.3, -0.25) is 9.59 Å². The molecule has 5 rings (SSSR count). The summed E-state index contributed by atoms with van der Waals surface area (Å²) < 4.78 is 5.25. The number of halogens is 1. The Morgan fingerprint density at radius 2 is 1.62 bits per heavy atom. The van der Waals surface area contributed by atoms with E-state index < -0.39 is 0 Å². The standard InChI is InChI=1S/C24H17N3O3S.BrH/c1-30-18-9-5-7-16(13-18)25-24-26-21(14-31-24)15-6-4-8-17(12-15)27-22(28)19-10-2-3-11-20(19)23(27)29;/h2-14H,1H3,(H,25,26);1H. The zero-order valence-corrected chi connectivity index (χ0v) is 19.5. The van der Waals surface area contributed by atoms with Gasteiger partial charge >= 0.3 is 0 Å². The van der Waals surface area contributed by atoms with Crippen LogP contribution in [0.5, 0.6) is 5.75 Å². The van der Waals surface area contributed by atoms with Crippen molar-refractivity contribution in [1.82, 2.24) is 4.98 Å². The molecule has 160 valence electrons. The molecule has 4 aromatic rings. The van der Waals surface area contributed by atoms with Gasteiger partial charge in [-0.15, -0.1) is 28.3 Å². The van der Waals surface area contributed by atoms with Gasteiger partial charge < -0.3 is 10.1 Å². The van der Waals surface area contributed by atoms with E-state index in [0.29, 0.717) is 16.8 Å². The highest BCUT2D eigenvalue weighted by atomic mass is 79.9. The number of imide groups is 1. The van der Waals surface area contributed by atoms with Gasteiger partial charge in [-0.05, 0) is 36.4 Å². The molecule has 0 bridgehead atoms. The first-order valence-electron chi connectivity index (χ1n) is 9.59. The Hall–Kier alpha value is -3.49. The van der Waals surface area contributed by atoms with E-state index in [0.717, 1.165) is 27.8 Å². The quantitative estimate of drug-likeness (QED) is 0.338. The number of hydrogen-bond acceptors (Lipinski definition) is 6. The van der Waals surface area contributed by atoms with Crippen LogP contribution < -0.4 is 15.0 Å². The van der Waals surface area contributed by atoms with Crippen molar-refractivity contribution in [2.24, 2.45) is 0 Å². The second-order valence-corrected chi connectivity index (χ2v) is 7.79. The molecule has 1 aliphatic rings. The Balaban J connectivity index is 0.00000245. The van der Waals surface area contributed by atoms with Gasteiger partial charge in [0, 0.05) is 22.7 Å². The van der Waals surface area contributed by atoms with E-state index in [2.05, 4.69) is 10.3 Å². The largest absolute Gasteiger partial charge is 0.497 e. The predicted molar refractivity (Wildman–Crippen MR) is 132 cm³/mol. The van der Waals surface area contributed by atoms with Crippen LogP contribution >= 0.6 is 28.3 Å². The number of nitrogens with one attached hydrogen (secondary N) is 1. The number of hydrogen-bond donors (Lipinski definition) is 1. The average Bonchev–Trinajstić information content (AvgIpc) is 3.37. The van der Waals surface area contributed by atoms with Crippen LogP contribution in [0.1, 0.15) is 20.7 Å². The molecule has 2 amide bonds. The van der Waals surface area contributed by atoms with E-state index in [9.17, 15) is 9.59 Å². The number of amides is 2. The van der Waals surface area contributed by atoms with E-state index in [1.807, 2.05) is 47.8 Å². The van der Waals surface area contributed by atoms with Gasteiger partial charge in [-0.25, -0.2) is 9.88 Å². The zero-order chi connectivity index (χ0) is 21.4. The molecule has 3 aromatic carbocycles. The van der Waals surface area contributed by atoms with Crippen molar-refractivity contribution in [3.8, 4) is 17.0 Å². The molecule has 32 heavy (non-hydrogen) atoms. The van der Waals surface area contributed by atoms with Crippen molar-refractivity contribution < 1.29 is 14.3 Å². The summed E-state index contributed by atoms with van der Waals surface area (Å²) in [5.74, 6) is 0.142. The van der Waals surface area contributed by atoms with Crippen molar-refractivity contribution >= 4 is 56.6 Å². The Bertz CT molecular complexity index is 1290. The number of anilines is 3. The van der Waals surface area contributed by atoms with Crippen molar-refractivity contribution in [1.29, 1.82) is 0 Å².